The summed E-state index contributed by atoms with van der Waals surface area (Å²) in [4.78, 5) is 2.56. The molecule has 0 saturated heterocycles. The van der Waals surface area contributed by atoms with Gasteiger partial charge in [0, 0.05) is 22.4 Å². The van der Waals surface area contributed by atoms with Crippen molar-refractivity contribution in [2.75, 3.05) is 4.90 Å². The summed E-state index contributed by atoms with van der Waals surface area (Å²) in [6.45, 7) is 4.74. The van der Waals surface area contributed by atoms with Gasteiger partial charge in [-0.05, 0) is 169 Å². The van der Waals surface area contributed by atoms with Crippen molar-refractivity contribution in [1.29, 1.82) is 0 Å². The molecule has 1 nitrogen and oxygen atoms in total. The molecule has 0 amide bonds. The van der Waals surface area contributed by atoms with Crippen LogP contribution in [0.2, 0.25) is 0 Å². The Kier molecular flexibility index (Phi) is 8.79. The predicted molar refractivity (Wildman–Crippen MR) is 316 cm³/mol. The lowest BCUT2D eigenvalue weighted by molar-refractivity contribution is 0.660. The van der Waals surface area contributed by atoms with E-state index in [2.05, 4.69) is 280 Å². The first-order valence-corrected chi connectivity index (χ1v) is 26.4. The molecule has 0 aromatic heterocycles. The summed E-state index contributed by atoms with van der Waals surface area (Å²) < 4.78 is 0. The van der Waals surface area contributed by atoms with Crippen LogP contribution in [0.4, 0.5) is 17.1 Å². The Labute approximate surface area is 437 Å². The van der Waals surface area contributed by atoms with Gasteiger partial charge in [-0.15, -0.1) is 0 Å². The second-order valence-electron chi connectivity index (χ2n) is 21.5. The molecule has 75 heavy (non-hydrogen) atoms. The lowest BCUT2D eigenvalue weighted by Gasteiger charge is -2.33. The molecule has 0 fully saturated rings. The molecule has 13 aromatic carbocycles. The molecule has 0 unspecified atom stereocenters. The van der Waals surface area contributed by atoms with Crippen molar-refractivity contribution in [2.45, 2.75) is 24.7 Å². The van der Waals surface area contributed by atoms with E-state index in [0.717, 1.165) is 17.1 Å². The molecule has 16 rings (SSSR count). The summed E-state index contributed by atoms with van der Waals surface area (Å²) in [5.74, 6) is 0. The van der Waals surface area contributed by atoms with Crippen molar-refractivity contribution < 1.29 is 0 Å². The Morgan fingerprint density at radius 1 is 0.267 bits per heavy atom. The summed E-state index contributed by atoms with van der Waals surface area (Å²) in [5.41, 5.74) is 23.4. The fraction of sp³-hybridized carbons (Fsp3) is 0.0541. The third kappa shape index (κ3) is 5.78. The highest BCUT2D eigenvalue weighted by atomic mass is 15.1. The van der Waals surface area contributed by atoms with E-state index < -0.39 is 5.41 Å². The van der Waals surface area contributed by atoms with E-state index in [1.165, 1.54) is 132 Å². The van der Waals surface area contributed by atoms with Gasteiger partial charge in [0.1, 0.15) is 0 Å². The molecular weight excluding hydrogens is 903 g/mol. The van der Waals surface area contributed by atoms with Crippen LogP contribution in [0.3, 0.4) is 0 Å². The van der Waals surface area contributed by atoms with Crippen molar-refractivity contribution in [2.24, 2.45) is 0 Å². The van der Waals surface area contributed by atoms with Gasteiger partial charge in [0.05, 0.1) is 11.1 Å². The minimum atomic E-state index is -0.526. The van der Waals surface area contributed by atoms with Crippen LogP contribution in [-0.2, 0) is 10.8 Å². The summed E-state index contributed by atoms with van der Waals surface area (Å²) in [6.07, 6.45) is 0. The number of anilines is 3. The molecule has 1 heteroatoms. The number of hydrogen-bond acceptors (Lipinski definition) is 1. The predicted octanol–water partition coefficient (Wildman–Crippen LogP) is 19.8. The summed E-state index contributed by atoms with van der Waals surface area (Å²) >= 11 is 0. The van der Waals surface area contributed by atoms with Gasteiger partial charge >= 0.3 is 0 Å². The summed E-state index contributed by atoms with van der Waals surface area (Å²) in [7, 11) is 0. The van der Waals surface area contributed by atoms with Gasteiger partial charge in [0.2, 0.25) is 0 Å². The summed E-state index contributed by atoms with van der Waals surface area (Å²) in [5, 5.41) is 9.99. The molecule has 0 heterocycles. The first-order valence-electron chi connectivity index (χ1n) is 26.4. The van der Waals surface area contributed by atoms with Crippen LogP contribution in [0.1, 0.15) is 47.2 Å². The molecule has 1 spiro atoms. The molecular formula is C74H49N. The number of nitrogens with zero attached hydrogens (tertiary/aromatic N) is 1. The maximum Gasteiger partial charge on any atom is 0.0726 e. The molecule has 3 aliphatic rings. The molecule has 3 aliphatic carbocycles. The van der Waals surface area contributed by atoms with E-state index in [0.29, 0.717) is 0 Å². The van der Waals surface area contributed by atoms with Crippen molar-refractivity contribution in [3.05, 3.63) is 294 Å². The Hall–Kier alpha value is -9.30. The van der Waals surface area contributed by atoms with Crippen LogP contribution >= 0.6 is 0 Å². The highest BCUT2D eigenvalue weighted by Gasteiger charge is 2.52. The Balaban J connectivity index is 1.00. The molecule has 13 aromatic rings. The smallest absolute Gasteiger partial charge is 0.0726 e. The van der Waals surface area contributed by atoms with Crippen LogP contribution in [-0.4, -0.2) is 0 Å². The Morgan fingerprint density at radius 3 is 1.40 bits per heavy atom. The van der Waals surface area contributed by atoms with Crippen molar-refractivity contribution >= 4 is 60.2 Å². The maximum atomic E-state index is 2.58. The molecule has 350 valence electrons. The normalized spacial score (nSPS) is 13.9. The van der Waals surface area contributed by atoms with E-state index in [1.54, 1.807) is 0 Å². The summed E-state index contributed by atoms with van der Waals surface area (Å²) in [6, 6.07) is 98.8. The first kappa shape index (κ1) is 42.2. The van der Waals surface area contributed by atoms with Crippen molar-refractivity contribution in [3.63, 3.8) is 0 Å². The minimum absolute atomic E-state index is 0.0889. The van der Waals surface area contributed by atoms with E-state index in [9.17, 15) is 0 Å². The van der Waals surface area contributed by atoms with Gasteiger partial charge in [-0.3, -0.25) is 0 Å². The van der Waals surface area contributed by atoms with Gasteiger partial charge in [-0.1, -0.05) is 232 Å². The highest BCUT2D eigenvalue weighted by molar-refractivity contribution is 6.26. The largest absolute Gasteiger partial charge is 0.310 e. The van der Waals surface area contributed by atoms with Crippen molar-refractivity contribution in [3.8, 4) is 55.6 Å². The van der Waals surface area contributed by atoms with Gasteiger partial charge in [0.25, 0.3) is 0 Å². The van der Waals surface area contributed by atoms with Gasteiger partial charge in [-0.2, -0.15) is 0 Å². The van der Waals surface area contributed by atoms with Crippen LogP contribution in [0.5, 0.6) is 0 Å². The lowest BCUT2D eigenvalue weighted by Crippen LogP contribution is -2.26. The zero-order valence-electron chi connectivity index (χ0n) is 41.8. The van der Waals surface area contributed by atoms with Crippen LogP contribution in [0.15, 0.2) is 261 Å². The monoisotopic (exact) mass is 951 g/mol. The Bertz CT molecular complexity index is 4490. The average molecular weight is 952 g/mol. The van der Waals surface area contributed by atoms with E-state index >= 15 is 0 Å². The second-order valence-corrected chi connectivity index (χ2v) is 21.5. The van der Waals surface area contributed by atoms with Crippen LogP contribution < -0.4 is 4.90 Å². The van der Waals surface area contributed by atoms with E-state index in [-0.39, 0.29) is 5.41 Å². The SMILES string of the molecule is CC1(C)c2ccccc2-c2c(-c3ccc(N(c4ccc5c6ccccc6c6ccccc6c5c4)c4cc5c(cc4-c4ccc6ccccc6c4)-c4ccccc4C54c5ccccc5-c5ccccc54)cc3)cccc21. The molecule has 0 aliphatic heterocycles. The van der Waals surface area contributed by atoms with Crippen LogP contribution in [0, 0.1) is 0 Å². The number of fused-ring (bicyclic) bond motifs is 20. The molecule has 0 radical (unpaired) electrons. The number of benzene rings is 13. The van der Waals surface area contributed by atoms with E-state index in [4.69, 9.17) is 0 Å². The van der Waals surface area contributed by atoms with Gasteiger partial charge in [0.15, 0.2) is 0 Å². The maximum absolute atomic E-state index is 2.58. The van der Waals surface area contributed by atoms with Crippen molar-refractivity contribution in [1.82, 2.24) is 0 Å². The van der Waals surface area contributed by atoms with E-state index in [1.807, 2.05) is 0 Å². The fourth-order valence-corrected chi connectivity index (χ4v) is 14.1. The topological polar surface area (TPSA) is 3.24 Å². The fourth-order valence-electron chi connectivity index (χ4n) is 14.1. The van der Waals surface area contributed by atoms with Gasteiger partial charge in [-0.25, -0.2) is 0 Å². The molecule has 0 saturated carbocycles. The van der Waals surface area contributed by atoms with Crippen LogP contribution in [0.25, 0.3) is 98.7 Å². The zero-order valence-corrected chi connectivity index (χ0v) is 41.8. The molecule has 0 atom stereocenters. The molecule has 0 bridgehead atoms. The number of hydrogen-bond donors (Lipinski definition) is 0. The third-order valence-corrected chi connectivity index (χ3v) is 17.4. The highest BCUT2D eigenvalue weighted by Crippen LogP contribution is 2.64. The average Bonchev–Trinajstić information content (AvgIpc) is 4.03. The van der Waals surface area contributed by atoms with Gasteiger partial charge < -0.3 is 4.90 Å². The third-order valence-electron chi connectivity index (χ3n) is 17.4. The zero-order chi connectivity index (χ0) is 49.6. The quantitative estimate of drug-likeness (QED) is 0.155. The molecule has 0 N–H and O–H groups in total. The lowest BCUT2D eigenvalue weighted by atomic mass is 9.70. The Morgan fingerprint density at radius 2 is 0.747 bits per heavy atom. The standard InChI is InChI=1S/C74H49N/c1-73(2)65-29-13-12-27-61(65)72-52(28-17-33-69(72)73)47-36-38-50(39-37-47)75(51-40-41-57-55-22-6-5-20-53(55)54-21-7-8-23-56(54)63(57)43-51)71-45-70-64(44-62(71)49-35-34-46-18-3-4-19-48(46)42-49)60-26-11-16-32-68(60)74(70)66-30-14-9-24-58(66)59-25-10-15-31-67(59)74/h3-45H,1-2H3. The minimum Gasteiger partial charge on any atom is -0.310 e. The number of rotatable bonds is 5. The second kappa shape index (κ2) is 15.6. The first-order chi connectivity index (χ1) is 37.0.